The SMILES string of the molecule is Cc1ccc(S[C@@H](C)C(=O)N[C@@H](C)c2ccc(C)c(C)c2)cc1. The molecular formula is C20H25NOS. The predicted octanol–water partition coefficient (Wildman–Crippen LogP) is 4.97. The summed E-state index contributed by atoms with van der Waals surface area (Å²) in [6, 6.07) is 14.6. The van der Waals surface area contributed by atoms with Crippen LogP contribution < -0.4 is 5.32 Å². The molecule has 0 aromatic heterocycles. The van der Waals surface area contributed by atoms with Crippen LogP contribution in [-0.4, -0.2) is 11.2 Å². The van der Waals surface area contributed by atoms with Crippen molar-refractivity contribution in [2.24, 2.45) is 0 Å². The van der Waals surface area contributed by atoms with Crippen LogP contribution in [0.3, 0.4) is 0 Å². The van der Waals surface area contributed by atoms with Crippen molar-refractivity contribution in [1.82, 2.24) is 5.32 Å². The summed E-state index contributed by atoms with van der Waals surface area (Å²) in [6.45, 7) is 10.2. The summed E-state index contributed by atoms with van der Waals surface area (Å²) in [6.07, 6.45) is 0. The third kappa shape index (κ3) is 4.87. The minimum atomic E-state index is -0.119. The molecule has 0 unspecified atom stereocenters. The molecule has 0 radical (unpaired) electrons. The first-order valence-electron chi connectivity index (χ1n) is 7.97. The molecule has 0 fully saturated rings. The Balaban J connectivity index is 1.96. The van der Waals surface area contributed by atoms with Gasteiger partial charge in [0.2, 0.25) is 5.91 Å². The normalized spacial score (nSPS) is 13.4. The molecule has 2 aromatic rings. The Morgan fingerprint density at radius 1 is 0.957 bits per heavy atom. The Bertz CT molecular complexity index is 679. The number of rotatable bonds is 5. The zero-order valence-electron chi connectivity index (χ0n) is 14.5. The lowest BCUT2D eigenvalue weighted by Gasteiger charge is -2.18. The highest BCUT2D eigenvalue weighted by atomic mass is 32.2. The van der Waals surface area contributed by atoms with Gasteiger partial charge in [0.25, 0.3) is 0 Å². The molecule has 2 rings (SSSR count). The maximum absolute atomic E-state index is 12.4. The van der Waals surface area contributed by atoms with Gasteiger partial charge in [0.15, 0.2) is 0 Å². The van der Waals surface area contributed by atoms with E-state index < -0.39 is 0 Å². The maximum atomic E-state index is 12.4. The van der Waals surface area contributed by atoms with Crippen LogP contribution >= 0.6 is 11.8 Å². The fourth-order valence-corrected chi connectivity index (χ4v) is 3.20. The molecule has 0 saturated heterocycles. The second-order valence-corrected chi connectivity index (χ2v) is 7.56. The third-order valence-corrected chi connectivity index (χ3v) is 5.20. The zero-order valence-corrected chi connectivity index (χ0v) is 15.3. The van der Waals surface area contributed by atoms with Crippen LogP contribution in [0.4, 0.5) is 0 Å². The number of thioether (sulfide) groups is 1. The van der Waals surface area contributed by atoms with Gasteiger partial charge < -0.3 is 5.32 Å². The van der Waals surface area contributed by atoms with E-state index in [2.05, 4.69) is 68.6 Å². The quantitative estimate of drug-likeness (QED) is 0.786. The van der Waals surface area contributed by atoms with Crippen LogP contribution in [0.2, 0.25) is 0 Å². The molecule has 0 aliphatic heterocycles. The summed E-state index contributed by atoms with van der Waals surface area (Å²) in [5.41, 5.74) is 4.91. The number of hydrogen-bond acceptors (Lipinski definition) is 2. The first-order chi connectivity index (χ1) is 10.9. The van der Waals surface area contributed by atoms with Gasteiger partial charge in [-0.05, 0) is 63.4 Å². The Kier molecular flexibility index (Phi) is 5.89. The molecule has 0 aliphatic rings. The Hall–Kier alpha value is -1.74. The second-order valence-electron chi connectivity index (χ2n) is 6.15. The van der Waals surface area contributed by atoms with E-state index in [1.807, 2.05) is 13.8 Å². The highest BCUT2D eigenvalue weighted by Crippen LogP contribution is 2.24. The number of amides is 1. The van der Waals surface area contributed by atoms with E-state index in [9.17, 15) is 4.79 Å². The van der Waals surface area contributed by atoms with Crippen LogP contribution in [0, 0.1) is 20.8 Å². The van der Waals surface area contributed by atoms with E-state index in [1.165, 1.54) is 16.7 Å². The lowest BCUT2D eigenvalue weighted by Crippen LogP contribution is -2.33. The molecule has 0 heterocycles. The fourth-order valence-electron chi connectivity index (χ4n) is 2.32. The Morgan fingerprint density at radius 2 is 1.61 bits per heavy atom. The van der Waals surface area contributed by atoms with Gasteiger partial charge in [-0.2, -0.15) is 0 Å². The molecule has 3 heteroatoms. The van der Waals surface area contributed by atoms with Crippen molar-refractivity contribution >= 4 is 17.7 Å². The summed E-state index contributed by atoms with van der Waals surface area (Å²) in [7, 11) is 0. The van der Waals surface area contributed by atoms with Crippen molar-refractivity contribution in [3.05, 3.63) is 64.7 Å². The second kappa shape index (κ2) is 7.69. The minimum Gasteiger partial charge on any atom is -0.349 e. The van der Waals surface area contributed by atoms with Gasteiger partial charge in [0, 0.05) is 4.90 Å². The highest BCUT2D eigenvalue weighted by molar-refractivity contribution is 8.00. The van der Waals surface area contributed by atoms with Crippen molar-refractivity contribution in [3.8, 4) is 0 Å². The largest absolute Gasteiger partial charge is 0.349 e. The molecule has 2 nitrogen and oxygen atoms in total. The number of nitrogens with one attached hydrogen (secondary N) is 1. The minimum absolute atomic E-state index is 0.0165. The molecule has 0 aliphatic carbocycles. The summed E-state index contributed by atoms with van der Waals surface area (Å²) in [4.78, 5) is 13.5. The van der Waals surface area contributed by atoms with E-state index in [0.29, 0.717) is 0 Å². The van der Waals surface area contributed by atoms with E-state index in [1.54, 1.807) is 11.8 Å². The van der Waals surface area contributed by atoms with E-state index in [0.717, 1.165) is 10.5 Å². The average Bonchev–Trinajstić information content (AvgIpc) is 2.52. The monoisotopic (exact) mass is 327 g/mol. The van der Waals surface area contributed by atoms with Crippen LogP contribution in [0.25, 0.3) is 0 Å². The van der Waals surface area contributed by atoms with E-state index in [-0.39, 0.29) is 17.2 Å². The number of aryl methyl sites for hydroxylation is 3. The molecular weight excluding hydrogens is 302 g/mol. The number of carbonyl (C=O) groups is 1. The number of benzene rings is 2. The topological polar surface area (TPSA) is 29.1 Å². The summed E-state index contributed by atoms with van der Waals surface area (Å²) in [5, 5.41) is 3.00. The van der Waals surface area contributed by atoms with Gasteiger partial charge >= 0.3 is 0 Å². The lowest BCUT2D eigenvalue weighted by molar-refractivity contribution is -0.120. The molecule has 0 bridgehead atoms. The van der Waals surface area contributed by atoms with Crippen LogP contribution in [0.15, 0.2) is 47.4 Å². The molecule has 2 atom stereocenters. The van der Waals surface area contributed by atoms with Gasteiger partial charge in [0.1, 0.15) is 0 Å². The molecule has 0 spiro atoms. The maximum Gasteiger partial charge on any atom is 0.233 e. The van der Waals surface area contributed by atoms with Gasteiger partial charge in [-0.15, -0.1) is 11.8 Å². The first-order valence-corrected chi connectivity index (χ1v) is 8.85. The summed E-state index contributed by atoms with van der Waals surface area (Å²) in [5.74, 6) is 0.0707. The third-order valence-electron chi connectivity index (χ3n) is 4.09. The van der Waals surface area contributed by atoms with Gasteiger partial charge in [-0.1, -0.05) is 35.9 Å². The van der Waals surface area contributed by atoms with Crippen molar-refractivity contribution in [2.75, 3.05) is 0 Å². The zero-order chi connectivity index (χ0) is 17.0. The van der Waals surface area contributed by atoms with Gasteiger partial charge in [0.05, 0.1) is 11.3 Å². The molecule has 2 aromatic carbocycles. The van der Waals surface area contributed by atoms with Crippen LogP contribution in [-0.2, 0) is 4.79 Å². The summed E-state index contributed by atoms with van der Waals surface area (Å²) < 4.78 is 0. The molecule has 122 valence electrons. The Morgan fingerprint density at radius 3 is 2.22 bits per heavy atom. The predicted molar refractivity (Wildman–Crippen MR) is 99.0 cm³/mol. The van der Waals surface area contributed by atoms with Crippen LogP contribution in [0.1, 0.15) is 42.1 Å². The van der Waals surface area contributed by atoms with Crippen LogP contribution in [0.5, 0.6) is 0 Å². The molecule has 23 heavy (non-hydrogen) atoms. The molecule has 1 amide bonds. The summed E-state index contributed by atoms with van der Waals surface area (Å²) >= 11 is 1.59. The van der Waals surface area contributed by atoms with Gasteiger partial charge in [-0.3, -0.25) is 4.79 Å². The fraction of sp³-hybridized carbons (Fsp3) is 0.350. The first kappa shape index (κ1) is 17.6. The van der Waals surface area contributed by atoms with E-state index in [4.69, 9.17) is 0 Å². The van der Waals surface area contributed by atoms with Crippen molar-refractivity contribution < 1.29 is 4.79 Å². The van der Waals surface area contributed by atoms with E-state index >= 15 is 0 Å². The van der Waals surface area contributed by atoms with Crippen molar-refractivity contribution in [1.29, 1.82) is 0 Å². The van der Waals surface area contributed by atoms with Crippen molar-refractivity contribution in [2.45, 2.75) is 50.8 Å². The number of carbonyl (C=O) groups excluding carboxylic acids is 1. The number of hydrogen-bond donors (Lipinski definition) is 1. The molecule has 0 saturated carbocycles. The molecule has 1 N–H and O–H groups in total. The van der Waals surface area contributed by atoms with Crippen molar-refractivity contribution in [3.63, 3.8) is 0 Å². The standard InChI is InChI=1S/C20H25NOS/c1-13-6-10-19(11-7-13)23-17(5)20(22)21-16(4)18-9-8-14(2)15(3)12-18/h6-12,16-17H,1-5H3,(H,21,22)/t16-,17-/m0/s1. The van der Waals surface area contributed by atoms with Gasteiger partial charge in [-0.25, -0.2) is 0 Å². The average molecular weight is 327 g/mol. The highest BCUT2D eigenvalue weighted by Gasteiger charge is 2.17. The lowest BCUT2D eigenvalue weighted by atomic mass is 10.0. The smallest absolute Gasteiger partial charge is 0.233 e. The Labute approximate surface area is 143 Å².